The van der Waals surface area contributed by atoms with Crippen LogP contribution in [-0.4, -0.2) is 40.0 Å². The first-order valence-corrected chi connectivity index (χ1v) is 11.1. The van der Waals surface area contributed by atoms with Gasteiger partial charge in [0.25, 0.3) is 5.91 Å². The molecule has 3 heterocycles. The monoisotopic (exact) mass is 538 g/mol. The molecule has 1 fully saturated rings. The third kappa shape index (κ3) is 5.95. The van der Waals surface area contributed by atoms with Gasteiger partial charge in [0.2, 0.25) is 0 Å². The molecule has 1 atom stereocenters. The molecule has 1 unspecified atom stereocenters. The van der Waals surface area contributed by atoms with Crippen LogP contribution in [0.3, 0.4) is 0 Å². The molecule has 3 aromatic rings. The number of pyridine rings is 1. The molecule has 1 aromatic carbocycles. The fraction of sp³-hybridized carbons (Fsp3) is 0.238. The fourth-order valence-corrected chi connectivity index (χ4v) is 4.51. The number of rotatable bonds is 5. The molecular formula is C21H16ClF4N4NaO3S. The summed E-state index contributed by atoms with van der Waals surface area (Å²) in [4.78, 5) is 33.6. The maximum absolute atomic E-state index is 14.4. The molecule has 35 heavy (non-hydrogen) atoms. The predicted octanol–water partition coefficient (Wildman–Crippen LogP) is 2.30. The summed E-state index contributed by atoms with van der Waals surface area (Å²) in [7, 11) is 0. The molecule has 14 heteroatoms. The van der Waals surface area contributed by atoms with Crippen LogP contribution < -0.4 is 39.8 Å². The second-order valence-electron chi connectivity index (χ2n) is 7.46. The van der Waals surface area contributed by atoms with E-state index in [1.54, 1.807) is 4.90 Å². The van der Waals surface area contributed by atoms with E-state index in [1.807, 2.05) is 0 Å². The number of halogens is 5. The molecule has 0 saturated carbocycles. The van der Waals surface area contributed by atoms with Crippen LogP contribution in [-0.2, 0) is 11.0 Å². The van der Waals surface area contributed by atoms with Gasteiger partial charge in [-0.15, -0.1) is 11.3 Å². The van der Waals surface area contributed by atoms with Crippen molar-refractivity contribution in [3.8, 4) is 11.3 Å². The number of carbonyl (C=O) groups is 2. The molecule has 1 saturated heterocycles. The summed E-state index contributed by atoms with van der Waals surface area (Å²) in [5.41, 5.74) is -1.72. The number of benzene rings is 1. The topological polar surface area (TPSA) is 95.4 Å². The molecule has 0 aliphatic carbocycles. The maximum atomic E-state index is 14.4. The maximum Gasteiger partial charge on any atom is 1.00 e. The van der Waals surface area contributed by atoms with Crippen molar-refractivity contribution in [2.45, 2.75) is 12.6 Å². The number of aliphatic carboxylic acids is 1. The summed E-state index contributed by atoms with van der Waals surface area (Å²) in [5, 5.41) is 13.1. The normalized spacial score (nSPS) is 15.6. The van der Waals surface area contributed by atoms with Crippen molar-refractivity contribution in [1.82, 2.24) is 9.97 Å². The van der Waals surface area contributed by atoms with Crippen molar-refractivity contribution < 1.29 is 63.2 Å². The molecule has 1 aliphatic rings. The molecule has 4 rings (SSSR count). The van der Waals surface area contributed by atoms with Gasteiger partial charge in [0.15, 0.2) is 5.13 Å². The Morgan fingerprint density at radius 2 is 2.06 bits per heavy atom. The molecule has 7 nitrogen and oxygen atoms in total. The van der Waals surface area contributed by atoms with Gasteiger partial charge < -0.3 is 11.4 Å². The number of carbonyl (C=O) groups excluding carboxylic acids is 1. The zero-order valence-electron chi connectivity index (χ0n) is 19.1. The number of carboxylic acid groups (broad SMARTS) is 1. The third-order valence-corrected chi connectivity index (χ3v) is 6.26. The van der Waals surface area contributed by atoms with E-state index >= 15 is 0 Å². The quantitative estimate of drug-likeness (QED) is 0.382. The first-order chi connectivity index (χ1) is 16.0. The van der Waals surface area contributed by atoms with Gasteiger partial charge in [0, 0.05) is 30.2 Å². The van der Waals surface area contributed by atoms with Gasteiger partial charge >= 0.3 is 41.7 Å². The molecule has 0 radical (unpaired) electrons. The fourth-order valence-electron chi connectivity index (χ4n) is 3.51. The number of aromatic nitrogens is 2. The minimum Gasteiger partial charge on any atom is -1.00 e. The molecule has 180 valence electrons. The Labute approximate surface area is 228 Å². The Bertz CT molecular complexity index is 1280. The number of amides is 1. The van der Waals surface area contributed by atoms with E-state index in [4.69, 9.17) is 16.7 Å². The number of hydrogen-bond donors (Lipinski definition) is 2. The van der Waals surface area contributed by atoms with Crippen LogP contribution in [0.15, 0.2) is 35.8 Å². The predicted molar refractivity (Wildman–Crippen MR) is 119 cm³/mol. The average Bonchev–Trinajstić information content (AvgIpc) is 3.43. The van der Waals surface area contributed by atoms with E-state index < -0.39 is 35.4 Å². The van der Waals surface area contributed by atoms with E-state index in [0.717, 1.165) is 17.4 Å². The smallest absolute Gasteiger partial charge is 1.00 e. The zero-order valence-corrected chi connectivity index (χ0v) is 21.6. The summed E-state index contributed by atoms with van der Waals surface area (Å²) in [6.07, 6.45) is -3.13. The van der Waals surface area contributed by atoms with E-state index in [9.17, 15) is 27.2 Å². The first-order valence-electron chi connectivity index (χ1n) is 9.81. The summed E-state index contributed by atoms with van der Waals surface area (Å²) in [6.45, 7) is 0.713. The summed E-state index contributed by atoms with van der Waals surface area (Å²) in [5.74, 6) is -3.14. The van der Waals surface area contributed by atoms with Gasteiger partial charge in [-0.2, -0.15) is 13.2 Å². The van der Waals surface area contributed by atoms with Crippen molar-refractivity contribution >= 4 is 45.8 Å². The van der Waals surface area contributed by atoms with Crippen LogP contribution in [0.1, 0.15) is 23.8 Å². The Hall–Kier alpha value is -2.25. The standard InChI is InChI=1S/C21H15ClF4N4O3S.Na.H/c22-14-6-11(7-27-17(14)30-5-4-10(8-30)19(32)33)18(31)29-20-28-15(9-34-20)12-2-1-3-13(16(12)23)21(24,25)26;;/h1-3,6-7,9-10H,4-5,8H2,(H,32,33)(H,28,29,31);;/q;+1;-1. The second kappa shape index (κ2) is 10.8. The van der Waals surface area contributed by atoms with Gasteiger partial charge in [-0.05, 0) is 24.6 Å². The minimum atomic E-state index is -4.85. The van der Waals surface area contributed by atoms with Gasteiger partial charge in [-0.25, -0.2) is 14.4 Å². The van der Waals surface area contributed by atoms with Crippen molar-refractivity contribution in [1.29, 1.82) is 0 Å². The summed E-state index contributed by atoms with van der Waals surface area (Å²) < 4.78 is 53.3. The largest absolute Gasteiger partial charge is 1.00 e. The van der Waals surface area contributed by atoms with Crippen LogP contribution in [0.5, 0.6) is 0 Å². The van der Waals surface area contributed by atoms with Crippen molar-refractivity contribution in [3.63, 3.8) is 0 Å². The van der Waals surface area contributed by atoms with Crippen molar-refractivity contribution in [2.75, 3.05) is 23.3 Å². The van der Waals surface area contributed by atoms with Gasteiger partial charge in [-0.3, -0.25) is 14.9 Å². The Kier molecular flexibility index (Phi) is 8.43. The number of thiazole rings is 1. The number of alkyl halides is 3. The van der Waals surface area contributed by atoms with Crippen LogP contribution in [0.4, 0.5) is 28.5 Å². The van der Waals surface area contributed by atoms with Crippen LogP contribution in [0, 0.1) is 11.7 Å². The van der Waals surface area contributed by atoms with Crippen molar-refractivity contribution in [2.24, 2.45) is 5.92 Å². The number of nitrogens with one attached hydrogen (secondary N) is 1. The molecule has 2 aromatic heterocycles. The number of nitrogens with zero attached hydrogens (tertiary/aromatic N) is 3. The second-order valence-corrected chi connectivity index (χ2v) is 8.72. The van der Waals surface area contributed by atoms with Crippen LogP contribution >= 0.6 is 22.9 Å². The van der Waals surface area contributed by atoms with Crippen LogP contribution in [0.25, 0.3) is 11.3 Å². The third-order valence-electron chi connectivity index (χ3n) is 5.23. The van der Waals surface area contributed by atoms with E-state index in [1.165, 1.54) is 23.7 Å². The molecule has 2 N–H and O–H groups in total. The number of hydrogen-bond acceptors (Lipinski definition) is 6. The average molecular weight is 539 g/mol. The molecular weight excluding hydrogens is 523 g/mol. The first kappa shape index (κ1) is 27.3. The Morgan fingerprint density at radius 3 is 2.69 bits per heavy atom. The summed E-state index contributed by atoms with van der Waals surface area (Å²) in [6, 6.07) is 4.25. The van der Waals surface area contributed by atoms with Crippen molar-refractivity contribution in [3.05, 3.63) is 57.8 Å². The summed E-state index contributed by atoms with van der Waals surface area (Å²) >= 11 is 7.17. The van der Waals surface area contributed by atoms with Gasteiger partial charge in [-0.1, -0.05) is 17.7 Å². The zero-order chi connectivity index (χ0) is 24.6. The Balaban J connectivity index is 0.00000228. The van der Waals surface area contributed by atoms with Gasteiger partial charge in [0.05, 0.1) is 27.8 Å². The van der Waals surface area contributed by atoms with E-state index in [-0.39, 0.29) is 64.5 Å². The molecule has 0 spiro atoms. The van der Waals surface area contributed by atoms with E-state index in [2.05, 4.69) is 15.3 Å². The van der Waals surface area contributed by atoms with E-state index in [0.29, 0.717) is 24.8 Å². The Morgan fingerprint density at radius 1 is 1.31 bits per heavy atom. The SMILES string of the molecule is O=C(Nc1nc(-c2cccc(C(F)(F)F)c2F)cs1)c1cnc(N2CCC(C(=O)O)C2)c(Cl)c1.[H-].[Na+]. The minimum absolute atomic E-state index is 0. The number of carboxylic acids is 1. The number of anilines is 2. The molecule has 1 amide bonds. The van der Waals surface area contributed by atoms with Gasteiger partial charge in [0.1, 0.15) is 11.6 Å². The van der Waals surface area contributed by atoms with Crippen LogP contribution in [0.2, 0.25) is 5.02 Å². The molecule has 1 aliphatic heterocycles. The molecule has 0 bridgehead atoms.